The van der Waals surface area contributed by atoms with E-state index in [-0.39, 0.29) is 11.9 Å². The van der Waals surface area contributed by atoms with Crippen LogP contribution in [0, 0.1) is 3.57 Å². The van der Waals surface area contributed by atoms with Crippen LogP contribution in [0.3, 0.4) is 0 Å². The maximum absolute atomic E-state index is 12.7. The molecule has 0 aliphatic carbocycles. The summed E-state index contributed by atoms with van der Waals surface area (Å²) in [5.74, 6) is 0.942. The van der Waals surface area contributed by atoms with E-state index in [4.69, 9.17) is 14.5 Å². The third kappa shape index (κ3) is 3.37. The van der Waals surface area contributed by atoms with Crippen LogP contribution in [0.4, 0.5) is 0 Å². The zero-order valence-electron chi connectivity index (χ0n) is 15.6. The van der Waals surface area contributed by atoms with E-state index in [2.05, 4.69) is 54.9 Å². The molecular weight excluding hydrogens is 561 g/mol. The van der Waals surface area contributed by atoms with E-state index in [1.165, 1.54) is 0 Å². The molecule has 2 aliphatic rings. The van der Waals surface area contributed by atoms with Crippen LogP contribution >= 0.6 is 38.5 Å². The smallest absolute Gasteiger partial charge is 0.292 e. The van der Waals surface area contributed by atoms with Gasteiger partial charge in [-0.1, -0.05) is 18.2 Å². The lowest BCUT2D eigenvalue weighted by Gasteiger charge is -2.39. The molecule has 30 heavy (non-hydrogen) atoms. The molecule has 1 spiro atoms. The lowest BCUT2D eigenvalue weighted by Crippen LogP contribution is -2.42. The summed E-state index contributed by atoms with van der Waals surface area (Å²) in [5.41, 5.74) is 1.53. The Bertz CT molecular complexity index is 1130. The Morgan fingerprint density at radius 3 is 2.80 bits per heavy atom. The molecule has 0 saturated heterocycles. The number of rotatable bonds is 1. The van der Waals surface area contributed by atoms with E-state index in [0.717, 1.165) is 19.2 Å². The van der Waals surface area contributed by atoms with E-state index in [1.807, 2.05) is 36.4 Å². The highest BCUT2D eigenvalue weighted by atomic mass is 127. The lowest BCUT2D eigenvalue weighted by atomic mass is 9.79. The fourth-order valence-corrected chi connectivity index (χ4v) is 4.56. The predicted molar refractivity (Wildman–Crippen MR) is 124 cm³/mol. The minimum atomic E-state index is -0.765. The molecule has 8 heteroatoms. The van der Waals surface area contributed by atoms with Gasteiger partial charge in [0.1, 0.15) is 11.3 Å². The van der Waals surface area contributed by atoms with Gasteiger partial charge < -0.3 is 9.47 Å². The third-order valence-corrected chi connectivity index (χ3v) is 6.21. The molecule has 1 atom stereocenters. The molecule has 0 saturated carbocycles. The Morgan fingerprint density at radius 2 is 1.97 bits per heavy atom. The van der Waals surface area contributed by atoms with E-state index < -0.39 is 5.54 Å². The predicted octanol–water partition coefficient (Wildman–Crippen LogP) is 5.00. The molecule has 1 amide bonds. The van der Waals surface area contributed by atoms with Gasteiger partial charge in [0.05, 0.1) is 6.61 Å². The average molecular weight is 576 g/mol. The molecule has 150 valence electrons. The minimum Gasteiger partial charge on any atom is -0.465 e. The van der Waals surface area contributed by atoms with Gasteiger partial charge in [0.2, 0.25) is 5.88 Å². The van der Waals surface area contributed by atoms with Crippen molar-refractivity contribution < 1.29 is 14.3 Å². The summed E-state index contributed by atoms with van der Waals surface area (Å²) in [7, 11) is 0. The summed E-state index contributed by atoms with van der Waals surface area (Å²) >= 11 is 5.79. The second-order valence-electron chi connectivity index (χ2n) is 6.94. The normalized spacial score (nSPS) is 19.1. The number of nitrogens with zero attached hydrogens (tertiary/aromatic N) is 2. The van der Waals surface area contributed by atoms with E-state index in [9.17, 15) is 4.79 Å². The van der Waals surface area contributed by atoms with Crippen molar-refractivity contribution >= 4 is 50.4 Å². The maximum atomic E-state index is 12.7. The molecular formula is C22H15BrIN3O3. The number of aliphatic imine (C=N–C) groups is 1. The van der Waals surface area contributed by atoms with Crippen LogP contribution in [0.5, 0.6) is 11.6 Å². The Labute approximate surface area is 195 Å². The summed E-state index contributed by atoms with van der Waals surface area (Å²) in [5, 5.41) is 2.81. The number of hydrogen-bond donors (Lipinski definition) is 1. The van der Waals surface area contributed by atoms with Crippen LogP contribution in [0.1, 0.15) is 27.9 Å². The molecule has 3 heterocycles. The highest BCUT2D eigenvalue weighted by Gasteiger charge is 2.46. The molecule has 2 aromatic carbocycles. The van der Waals surface area contributed by atoms with Gasteiger partial charge in [-0.15, -0.1) is 0 Å². The first-order valence-electron chi connectivity index (χ1n) is 9.28. The molecule has 6 nitrogen and oxygen atoms in total. The Balaban J connectivity index is 1.63. The van der Waals surface area contributed by atoms with Gasteiger partial charge in [-0.2, -0.15) is 0 Å². The number of hydrogen-bond acceptors (Lipinski definition) is 5. The van der Waals surface area contributed by atoms with Crippen LogP contribution in [-0.2, 0) is 10.3 Å². The zero-order chi connectivity index (χ0) is 20.7. The molecule has 1 aromatic heterocycles. The zero-order valence-corrected chi connectivity index (χ0v) is 19.3. The maximum Gasteiger partial charge on any atom is 0.292 e. The highest BCUT2D eigenvalue weighted by molar-refractivity contribution is 14.1. The first-order valence-corrected chi connectivity index (χ1v) is 11.2. The van der Waals surface area contributed by atoms with Crippen molar-refractivity contribution in [3.63, 3.8) is 0 Å². The number of amides is 1. The summed E-state index contributed by atoms with van der Waals surface area (Å²) in [6, 6.07) is 17.1. The van der Waals surface area contributed by atoms with Crippen LogP contribution in [0.2, 0.25) is 0 Å². The third-order valence-electron chi connectivity index (χ3n) is 5.11. The van der Waals surface area contributed by atoms with Crippen LogP contribution in [-0.4, -0.2) is 23.5 Å². The number of amidine groups is 1. The quantitative estimate of drug-likeness (QED) is 0.414. The van der Waals surface area contributed by atoms with Crippen LogP contribution in [0.15, 0.2) is 70.3 Å². The SMILES string of the molecule is O=C(NC1=N[C@]2(CCO1)c1cc(I)ccc1Oc1ncc(Br)cc12)c1ccccc1. The van der Waals surface area contributed by atoms with Gasteiger partial charge in [-0.25, -0.2) is 9.98 Å². The molecule has 0 bridgehead atoms. The minimum absolute atomic E-state index is 0.188. The van der Waals surface area contributed by atoms with Crippen molar-refractivity contribution in [3.05, 3.63) is 85.5 Å². The van der Waals surface area contributed by atoms with Gasteiger partial charge in [0.15, 0.2) is 0 Å². The molecule has 0 radical (unpaired) electrons. The highest BCUT2D eigenvalue weighted by Crippen LogP contribution is 2.51. The van der Waals surface area contributed by atoms with Crippen LogP contribution in [0.25, 0.3) is 0 Å². The summed E-state index contributed by atoms with van der Waals surface area (Å²) < 4.78 is 13.7. The van der Waals surface area contributed by atoms with E-state index in [1.54, 1.807) is 18.3 Å². The van der Waals surface area contributed by atoms with Crippen molar-refractivity contribution in [1.29, 1.82) is 0 Å². The number of fused-ring (bicyclic) bond motifs is 4. The second-order valence-corrected chi connectivity index (χ2v) is 9.11. The summed E-state index contributed by atoms with van der Waals surface area (Å²) in [6.07, 6.45) is 2.30. The Morgan fingerprint density at radius 1 is 1.13 bits per heavy atom. The molecule has 0 fully saturated rings. The molecule has 2 aliphatic heterocycles. The topological polar surface area (TPSA) is 72.8 Å². The van der Waals surface area contributed by atoms with Crippen molar-refractivity contribution in [3.8, 4) is 11.6 Å². The van der Waals surface area contributed by atoms with E-state index >= 15 is 0 Å². The summed E-state index contributed by atoms with van der Waals surface area (Å²) in [4.78, 5) is 22.0. The van der Waals surface area contributed by atoms with Crippen LogP contribution < -0.4 is 10.1 Å². The number of carbonyl (C=O) groups is 1. The fraction of sp³-hybridized carbons (Fsp3) is 0.136. The molecule has 1 N–H and O–H groups in total. The van der Waals surface area contributed by atoms with Gasteiger partial charge in [-0.3, -0.25) is 10.1 Å². The number of pyridine rings is 1. The molecule has 5 rings (SSSR count). The average Bonchev–Trinajstić information content (AvgIpc) is 2.76. The monoisotopic (exact) mass is 575 g/mol. The Kier molecular flexibility index (Phi) is 4.98. The number of halogens is 2. The largest absolute Gasteiger partial charge is 0.465 e. The first kappa shape index (κ1) is 19.5. The van der Waals surface area contributed by atoms with Crippen molar-refractivity contribution in [2.75, 3.05) is 6.61 Å². The fourth-order valence-electron chi connectivity index (χ4n) is 3.74. The Hall–Kier alpha value is -2.46. The second kappa shape index (κ2) is 7.66. The first-order chi connectivity index (χ1) is 14.5. The van der Waals surface area contributed by atoms with Crippen molar-refractivity contribution in [2.45, 2.75) is 12.0 Å². The van der Waals surface area contributed by atoms with Crippen molar-refractivity contribution in [2.24, 2.45) is 4.99 Å². The summed E-state index contributed by atoms with van der Waals surface area (Å²) in [6.45, 7) is 0.394. The lowest BCUT2D eigenvalue weighted by molar-refractivity contribution is 0.0959. The number of carbonyl (C=O) groups excluding carboxylic acids is 1. The number of aromatic nitrogens is 1. The van der Waals surface area contributed by atoms with Gasteiger partial charge in [-0.05, 0) is 74.9 Å². The molecule has 3 aromatic rings. The number of benzene rings is 2. The van der Waals surface area contributed by atoms with Crippen molar-refractivity contribution in [1.82, 2.24) is 10.3 Å². The number of nitrogens with one attached hydrogen (secondary N) is 1. The van der Waals surface area contributed by atoms with Gasteiger partial charge >= 0.3 is 0 Å². The standard InChI is InChI=1S/C22H15BrIN3O3/c23-14-10-17-20(25-12-14)30-18-7-6-15(24)11-16(18)22(17)8-9-29-21(27-22)26-19(28)13-4-2-1-3-5-13/h1-7,10-12H,8-9H2,(H,26,27,28)/t22-/m1/s1. The van der Waals surface area contributed by atoms with Gasteiger partial charge in [0.25, 0.3) is 11.9 Å². The molecule has 0 unspecified atom stereocenters. The van der Waals surface area contributed by atoms with E-state index in [0.29, 0.717) is 30.2 Å². The van der Waals surface area contributed by atoms with Gasteiger partial charge in [0, 0.05) is 37.4 Å². The number of ether oxygens (including phenoxy) is 2.